The lowest BCUT2D eigenvalue weighted by molar-refractivity contribution is -0.156. The van der Waals surface area contributed by atoms with Crippen LogP contribution < -0.4 is 0 Å². The van der Waals surface area contributed by atoms with Crippen molar-refractivity contribution in [2.24, 2.45) is 5.92 Å². The molecule has 3 heterocycles. The number of carbonyl (C=O) groups is 2. The molecule has 2 aliphatic heterocycles. The number of fused-ring (bicyclic) bond motifs is 1. The molecular formula is C20H28N2O4SSi. The Labute approximate surface area is 171 Å². The van der Waals surface area contributed by atoms with E-state index in [4.69, 9.17) is 9.16 Å². The highest BCUT2D eigenvalue weighted by molar-refractivity contribution is 8.09. The summed E-state index contributed by atoms with van der Waals surface area (Å²) in [6, 6.07) is 3.70. The molecule has 0 aliphatic carbocycles. The van der Waals surface area contributed by atoms with Gasteiger partial charge >= 0.3 is 5.97 Å². The molecule has 1 fully saturated rings. The smallest absolute Gasteiger partial charge is 0.356 e. The summed E-state index contributed by atoms with van der Waals surface area (Å²) in [5.74, 6) is -0.866. The van der Waals surface area contributed by atoms with Crippen LogP contribution in [0.25, 0.3) is 4.91 Å². The average Bonchev–Trinajstić information content (AvgIpc) is 2.95. The van der Waals surface area contributed by atoms with E-state index >= 15 is 0 Å². The summed E-state index contributed by atoms with van der Waals surface area (Å²) in [4.78, 5) is 31.9. The van der Waals surface area contributed by atoms with Crippen molar-refractivity contribution in [2.45, 2.75) is 57.3 Å². The van der Waals surface area contributed by atoms with E-state index in [0.29, 0.717) is 5.70 Å². The third-order valence-electron chi connectivity index (χ3n) is 5.87. The van der Waals surface area contributed by atoms with Gasteiger partial charge in [0.15, 0.2) is 8.32 Å². The number of pyridine rings is 1. The molecule has 1 aromatic rings. The lowest BCUT2D eigenvalue weighted by atomic mass is 9.92. The molecule has 28 heavy (non-hydrogen) atoms. The Kier molecular flexibility index (Phi) is 5.50. The summed E-state index contributed by atoms with van der Waals surface area (Å²) < 4.78 is 11.4. The second-order valence-electron chi connectivity index (χ2n) is 8.74. The highest BCUT2D eigenvalue weighted by atomic mass is 32.2. The van der Waals surface area contributed by atoms with Gasteiger partial charge < -0.3 is 9.16 Å². The molecule has 0 bridgehead atoms. The van der Waals surface area contributed by atoms with Gasteiger partial charge in [-0.3, -0.25) is 14.7 Å². The van der Waals surface area contributed by atoms with Crippen LogP contribution in [-0.2, 0) is 18.8 Å². The number of thioether (sulfide) groups is 1. The normalized spacial score (nSPS) is 23.4. The maximum atomic E-state index is 13.0. The van der Waals surface area contributed by atoms with Crippen molar-refractivity contribution >= 4 is 36.9 Å². The third kappa shape index (κ3) is 3.42. The molecule has 3 rings (SSSR count). The molecule has 0 spiro atoms. The first-order chi connectivity index (χ1) is 13.0. The zero-order chi connectivity index (χ0) is 20.9. The molecule has 152 valence electrons. The number of amides is 1. The van der Waals surface area contributed by atoms with Crippen LogP contribution in [0.5, 0.6) is 0 Å². The zero-order valence-corrected chi connectivity index (χ0v) is 19.3. The van der Waals surface area contributed by atoms with E-state index in [2.05, 4.69) is 38.8 Å². The summed E-state index contributed by atoms with van der Waals surface area (Å²) in [5.41, 5.74) is 1.12. The Morgan fingerprint density at radius 2 is 2.04 bits per heavy atom. The molecule has 1 amide bonds. The Morgan fingerprint density at radius 3 is 2.57 bits per heavy atom. The average molecular weight is 421 g/mol. The highest BCUT2D eigenvalue weighted by Gasteiger charge is 2.59. The minimum absolute atomic E-state index is 0.0624. The van der Waals surface area contributed by atoms with E-state index in [0.717, 1.165) is 10.5 Å². The van der Waals surface area contributed by atoms with Crippen LogP contribution in [0.15, 0.2) is 30.2 Å². The Hall–Kier alpha value is -1.64. The maximum Gasteiger partial charge on any atom is 0.356 e. The van der Waals surface area contributed by atoms with Crippen molar-refractivity contribution in [3.8, 4) is 0 Å². The van der Waals surface area contributed by atoms with E-state index in [1.807, 2.05) is 19.1 Å². The van der Waals surface area contributed by atoms with E-state index in [1.165, 1.54) is 18.9 Å². The fourth-order valence-corrected chi connectivity index (χ4v) is 6.29. The number of hydrogen-bond acceptors (Lipinski definition) is 6. The van der Waals surface area contributed by atoms with Crippen LogP contribution in [0.4, 0.5) is 0 Å². The van der Waals surface area contributed by atoms with E-state index in [1.54, 1.807) is 17.3 Å². The first-order valence-electron chi connectivity index (χ1n) is 9.40. The lowest BCUT2D eigenvalue weighted by Crippen LogP contribution is -2.62. The van der Waals surface area contributed by atoms with Gasteiger partial charge in [0.2, 0.25) is 5.91 Å². The predicted octanol–water partition coefficient (Wildman–Crippen LogP) is 3.86. The van der Waals surface area contributed by atoms with Crippen LogP contribution in [-0.4, -0.2) is 48.7 Å². The summed E-state index contributed by atoms with van der Waals surface area (Å²) in [6.45, 7) is 12.9. The van der Waals surface area contributed by atoms with Gasteiger partial charge in [0.1, 0.15) is 11.1 Å². The number of ether oxygens (including phenoxy) is 1. The zero-order valence-electron chi connectivity index (χ0n) is 17.5. The quantitative estimate of drug-likeness (QED) is 0.409. The Bertz CT molecular complexity index is 819. The molecular weight excluding hydrogens is 392 g/mol. The molecule has 2 aliphatic rings. The summed E-state index contributed by atoms with van der Waals surface area (Å²) in [6.07, 6.45) is 3.17. The van der Waals surface area contributed by atoms with Crippen LogP contribution in [0, 0.1) is 5.92 Å². The standard InChI is InChI=1S/C20H28N2O4SSi/c1-12(26-28(6,7)20(2,3)4)14-17(23)22-15(19(24)25-5)16(27-18(14)22)13-9-8-10-21-11-13/h8-12,14,18H,1-7H3/t12-,14+,18-/m1/s1. The van der Waals surface area contributed by atoms with Crippen molar-refractivity contribution in [2.75, 3.05) is 7.11 Å². The van der Waals surface area contributed by atoms with Gasteiger partial charge in [-0.15, -0.1) is 0 Å². The van der Waals surface area contributed by atoms with Crippen molar-refractivity contribution in [1.29, 1.82) is 0 Å². The second kappa shape index (κ2) is 7.31. The van der Waals surface area contributed by atoms with Crippen LogP contribution in [0.3, 0.4) is 0 Å². The maximum absolute atomic E-state index is 13.0. The Morgan fingerprint density at radius 1 is 1.36 bits per heavy atom. The molecule has 0 saturated carbocycles. The number of rotatable bonds is 5. The van der Waals surface area contributed by atoms with Gasteiger partial charge in [-0.2, -0.15) is 0 Å². The van der Waals surface area contributed by atoms with E-state index < -0.39 is 14.3 Å². The van der Waals surface area contributed by atoms with Crippen molar-refractivity contribution in [1.82, 2.24) is 9.88 Å². The number of methoxy groups -OCH3 is 1. The van der Waals surface area contributed by atoms with Gasteiger partial charge in [0.25, 0.3) is 0 Å². The minimum atomic E-state index is -2.01. The largest absolute Gasteiger partial charge is 0.464 e. The van der Waals surface area contributed by atoms with Gasteiger partial charge in [-0.25, -0.2) is 4.79 Å². The van der Waals surface area contributed by atoms with E-state index in [9.17, 15) is 9.59 Å². The number of hydrogen-bond donors (Lipinski definition) is 0. The van der Waals surface area contributed by atoms with Crippen molar-refractivity contribution in [3.05, 3.63) is 35.8 Å². The number of nitrogens with zero attached hydrogens (tertiary/aromatic N) is 2. The van der Waals surface area contributed by atoms with Crippen LogP contribution in [0.1, 0.15) is 33.3 Å². The highest BCUT2D eigenvalue weighted by Crippen LogP contribution is 2.54. The molecule has 6 nitrogen and oxygen atoms in total. The van der Waals surface area contributed by atoms with Crippen molar-refractivity contribution in [3.63, 3.8) is 0 Å². The minimum Gasteiger partial charge on any atom is -0.464 e. The molecule has 0 unspecified atom stereocenters. The summed E-state index contributed by atoms with van der Waals surface area (Å²) in [5, 5.41) is -0.0936. The van der Waals surface area contributed by atoms with Gasteiger partial charge in [-0.1, -0.05) is 38.6 Å². The number of β-lactam (4-membered cyclic amide) rings is 1. The first kappa shape index (κ1) is 21.1. The van der Waals surface area contributed by atoms with Crippen molar-refractivity contribution < 1.29 is 18.8 Å². The Balaban J connectivity index is 1.87. The fraction of sp³-hybridized carbons (Fsp3) is 0.550. The summed E-state index contributed by atoms with van der Waals surface area (Å²) >= 11 is 1.52. The van der Waals surface area contributed by atoms with Gasteiger partial charge in [0.05, 0.1) is 19.1 Å². The topological polar surface area (TPSA) is 68.7 Å². The molecule has 3 atom stereocenters. The molecule has 1 aromatic heterocycles. The molecule has 8 heteroatoms. The first-order valence-corrected chi connectivity index (χ1v) is 13.2. The molecule has 0 N–H and O–H groups in total. The second-order valence-corrected chi connectivity index (χ2v) is 14.6. The lowest BCUT2D eigenvalue weighted by Gasteiger charge is -2.48. The van der Waals surface area contributed by atoms with Crippen LogP contribution >= 0.6 is 11.8 Å². The number of carbonyl (C=O) groups excluding carboxylic acids is 2. The van der Waals surface area contributed by atoms with Gasteiger partial charge in [-0.05, 0) is 31.1 Å². The molecule has 0 aromatic carbocycles. The fourth-order valence-electron chi connectivity index (χ4n) is 3.27. The van der Waals surface area contributed by atoms with Crippen LogP contribution in [0.2, 0.25) is 18.1 Å². The molecule has 0 radical (unpaired) electrons. The summed E-state index contributed by atoms with van der Waals surface area (Å²) in [7, 11) is -0.676. The molecule has 1 saturated heterocycles. The monoisotopic (exact) mass is 420 g/mol. The SMILES string of the molecule is COC(=O)C1=C(c2cccnc2)S[C@@H]2[C@@H]([C@@H](C)O[Si](C)(C)C(C)(C)C)C(=O)N12. The number of aromatic nitrogens is 1. The predicted molar refractivity (Wildman–Crippen MR) is 113 cm³/mol. The number of esters is 1. The third-order valence-corrected chi connectivity index (χ3v) is 11.9. The van der Waals surface area contributed by atoms with Gasteiger partial charge in [0, 0.05) is 22.9 Å². The van der Waals surface area contributed by atoms with E-state index in [-0.39, 0.29) is 28.3 Å².